The van der Waals surface area contributed by atoms with E-state index in [1.54, 1.807) is 0 Å². The zero-order valence-electron chi connectivity index (χ0n) is 20.8. The molecule has 3 atom stereocenters. The largest absolute Gasteiger partial charge is 0.339 e. The first-order valence-electron chi connectivity index (χ1n) is 12.9. The van der Waals surface area contributed by atoms with Crippen molar-refractivity contribution in [1.29, 1.82) is 0 Å². The lowest BCUT2D eigenvalue weighted by molar-refractivity contribution is -0.144. The van der Waals surface area contributed by atoms with E-state index in [2.05, 4.69) is 10.00 Å². The average molecular weight is 471 g/mol. The fourth-order valence-corrected chi connectivity index (χ4v) is 6.68. The summed E-state index contributed by atoms with van der Waals surface area (Å²) in [6.45, 7) is 8.73. The monoisotopic (exact) mass is 470 g/mol. The van der Waals surface area contributed by atoms with E-state index in [4.69, 9.17) is 0 Å². The first kappa shape index (κ1) is 23.2. The Bertz CT molecular complexity index is 966. The standard InChI is InChI=1S/C25H38N6O3/c1-17-21(18(2)27(3)26-17)7-8-23(32)28-9-11-29(12-10-28)25(34)30-14-19-13-20(16-30)22-5-4-6-24(33)31(22)15-19/h19-20,22H,4-16H2,1-3H3/t19?,20?,22-/m1/s1. The van der Waals surface area contributed by atoms with Gasteiger partial charge in [0.05, 0.1) is 5.69 Å². The Kier molecular flexibility index (Phi) is 6.29. The van der Waals surface area contributed by atoms with Crippen molar-refractivity contribution in [3.05, 3.63) is 17.0 Å². The van der Waals surface area contributed by atoms with E-state index < -0.39 is 0 Å². The van der Waals surface area contributed by atoms with Crippen molar-refractivity contribution in [1.82, 2.24) is 29.4 Å². The van der Waals surface area contributed by atoms with E-state index >= 15 is 0 Å². The molecule has 2 bridgehead atoms. The third-order valence-corrected chi connectivity index (χ3v) is 8.60. The van der Waals surface area contributed by atoms with Crippen LogP contribution in [-0.4, -0.2) is 99.1 Å². The smallest absolute Gasteiger partial charge is 0.320 e. The maximum absolute atomic E-state index is 13.3. The van der Waals surface area contributed by atoms with Crippen LogP contribution >= 0.6 is 0 Å². The first-order chi connectivity index (χ1) is 16.3. The summed E-state index contributed by atoms with van der Waals surface area (Å²) in [6, 6.07) is 0.425. The number of hydrogen-bond donors (Lipinski definition) is 0. The molecule has 0 spiro atoms. The average Bonchev–Trinajstić information content (AvgIpc) is 3.08. The molecule has 1 aromatic heterocycles. The summed E-state index contributed by atoms with van der Waals surface area (Å²) in [7, 11) is 1.93. The summed E-state index contributed by atoms with van der Waals surface area (Å²) >= 11 is 0. The molecule has 9 heteroatoms. The maximum Gasteiger partial charge on any atom is 0.320 e. The number of likely N-dealkylation sites (tertiary alicyclic amines) is 1. The summed E-state index contributed by atoms with van der Waals surface area (Å²) in [5, 5.41) is 4.45. The van der Waals surface area contributed by atoms with Gasteiger partial charge in [0.15, 0.2) is 0 Å². The minimum absolute atomic E-state index is 0.110. The highest BCUT2D eigenvalue weighted by atomic mass is 16.2. The van der Waals surface area contributed by atoms with Gasteiger partial charge in [0, 0.05) is 77.4 Å². The summed E-state index contributed by atoms with van der Waals surface area (Å²) in [5.74, 6) is 1.26. The number of rotatable bonds is 3. The Morgan fingerprint density at radius 1 is 1.00 bits per heavy atom. The second-order valence-corrected chi connectivity index (χ2v) is 10.7. The van der Waals surface area contributed by atoms with Crippen molar-refractivity contribution in [2.45, 2.75) is 58.4 Å². The molecule has 0 N–H and O–H groups in total. The molecule has 0 radical (unpaired) electrons. The Morgan fingerprint density at radius 3 is 2.44 bits per heavy atom. The van der Waals surface area contributed by atoms with Crippen LogP contribution in [0.5, 0.6) is 0 Å². The van der Waals surface area contributed by atoms with Gasteiger partial charge in [0.2, 0.25) is 11.8 Å². The number of urea groups is 1. The number of amides is 4. The molecule has 0 aliphatic carbocycles. The number of nitrogens with zero attached hydrogens (tertiary/aromatic N) is 6. The molecule has 4 fully saturated rings. The van der Waals surface area contributed by atoms with E-state index in [9.17, 15) is 14.4 Å². The molecule has 5 heterocycles. The van der Waals surface area contributed by atoms with Crippen LogP contribution in [0.3, 0.4) is 0 Å². The normalized spacial score (nSPS) is 27.1. The van der Waals surface area contributed by atoms with Crippen LogP contribution in [0.2, 0.25) is 0 Å². The number of carbonyl (C=O) groups excluding carboxylic acids is 3. The summed E-state index contributed by atoms with van der Waals surface area (Å²) in [4.78, 5) is 46.5. The third kappa shape index (κ3) is 4.29. The van der Waals surface area contributed by atoms with E-state index in [0.29, 0.717) is 69.2 Å². The number of carbonyl (C=O) groups is 3. The van der Waals surface area contributed by atoms with Crippen LogP contribution in [0.4, 0.5) is 4.79 Å². The van der Waals surface area contributed by atoms with Crippen molar-refractivity contribution in [3.8, 4) is 0 Å². The van der Waals surface area contributed by atoms with Crippen LogP contribution in [0.1, 0.15) is 49.1 Å². The molecular formula is C25H38N6O3. The van der Waals surface area contributed by atoms with Crippen LogP contribution in [0.25, 0.3) is 0 Å². The summed E-state index contributed by atoms with van der Waals surface area (Å²) in [5.41, 5.74) is 3.28. The van der Waals surface area contributed by atoms with Crippen molar-refractivity contribution in [2.75, 3.05) is 45.8 Å². The van der Waals surface area contributed by atoms with Gasteiger partial charge in [0.1, 0.15) is 0 Å². The minimum Gasteiger partial charge on any atom is -0.339 e. The minimum atomic E-state index is 0.110. The lowest BCUT2D eigenvalue weighted by atomic mass is 9.76. The van der Waals surface area contributed by atoms with Gasteiger partial charge in [-0.2, -0.15) is 5.10 Å². The first-order valence-corrected chi connectivity index (χ1v) is 12.9. The van der Waals surface area contributed by atoms with Crippen LogP contribution in [0.15, 0.2) is 0 Å². The van der Waals surface area contributed by atoms with Crippen LogP contribution in [0, 0.1) is 25.7 Å². The molecule has 4 amide bonds. The highest BCUT2D eigenvalue weighted by Crippen LogP contribution is 2.38. The molecule has 0 saturated carbocycles. The number of fused-ring (bicyclic) bond motifs is 4. The fourth-order valence-electron chi connectivity index (χ4n) is 6.68. The van der Waals surface area contributed by atoms with Gasteiger partial charge >= 0.3 is 6.03 Å². The summed E-state index contributed by atoms with van der Waals surface area (Å²) in [6.07, 6.45) is 5.06. The molecule has 2 unspecified atom stereocenters. The highest BCUT2D eigenvalue weighted by molar-refractivity contribution is 5.79. The Morgan fingerprint density at radius 2 is 1.74 bits per heavy atom. The Labute approximate surface area is 202 Å². The Hall–Kier alpha value is -2.58. The molecule has 5 rings (SSSR count). The van der Waals surface area contributed by atoms with Gasteiger partial charge in [-0.25, -0.2) is 4.79 Å². The molecule has 9 nitrogen and oxygen atoms in total. The Balaban J connectivity index is 1.12. The zero-order chi connectivity index (χ0) is 24.0. The SMILES string of the molecule is Cc1nn(C)c(C)c1CCC(=O)N1CCN(C(=O)N2CC3CC(C2)[C@H]2CCCC(=O)N2C3)CC1. The molecule has 4 aliphatic heterocycles. The number of piperidine rings is 3. The third-order valence-electron chi connectivity index (χ3n) is 8.60. The predicted molar refractivity (Wildman–Crippen MR) is 127 cm³/mol. The lowest BCUT2D eigenvalue weighted by Gasteiger charge is -2.53. The van der Waals surface area contributed by atoms with Gasteiger partial charge in [0.25, 0.3) is 0 Å². The predicted octanol–water partition coefficient (Wildman–Crippen LogP) is 1.57. The van der Waals surface area contributed by atoms with Crippen molar-refractivity contribution in [3.63, 3.8) is 0 Å². The van der Waals surface area contributed by atoms with Gasteiger partial charge < -0.3 is 19.6 Å². The van der Waals surface area contributed by atoms with Crippen LogP contribution < -0.4 is 0 Å². The second kappa shape index (κ2) is 9.23. The molecular weight excluding hydrogens is 432 g/mol. The van der Waals surface area contributed by atoms with E-state index in [0.717, 1.165) is 50.3 Å². The summed E-state index contributed by atoms with van der Waals surface area (Å²) < 4.78 is 1.87. The highest BCUT2D eigenvalue weighted by Gasteiger charge is 2.45. The van der Waals surface area contributed by atoms with Gasteiger partial charge in [-0.05, 0) is 56.9 Å². The molecule has 186 valence electrons. The lowest BCUT2D eigenvalue weighted by Crippen LogP contribution is -2.63. The molecule has 4 saturated heterocycles. The van der Waals surface area contributed by atoms with Crippen LogP contribution in [-0.2, 0) is 23.1 Å². The molecule has 4 aliphatic rings. The zero-order valence-corrected chi connectivity index (χ0v) is 20.8. The van der Waals surface area contributed by atoms with E-state index in [-0.39, 0.29) is 11.9 Å². The second-order valence-electron chi connectivity index (χ2n) is 10.7. The topological polar surface area (TPSA) is 82.0 Å². The molecule has 1 aromatic rings. The number of hydrogen-bond acceptors (Lipinski definition) is 4. The number of aromatic nitrogens is 2. The van der Waals surface area contributed by atoms with E-state index in [1.165, 1.54) is 5.56 Å². The van der Waals surface area contributed by atoms with Crippen molar-refractivity contribution in [2.24, 2.45) is 18.9 Å². The number of aryl methyl sites for hydroxylation is 2. The number of piperazine rings is 1. The quantitative estimate of drug-likeness (QED) is 0.672. The van der Waals surface area contributed by atoms with Crippen molar-refractivity contribution >= 4 is 17.8 Å². The fraction of sp³-hybridized carbons (Fsp3) is 0.760. The van der Waals surface area contributed by atoms with Gasteiger partial charge in [-0.3, -0.25) is 14.3 Å². The van der Waals surface area contributed by atoms with Gasteiger partial charge in [-0.1, -0.05) is 0 Å². The van der Waals surface area contributed by atoms with Gasteiger partial charge in [-0.15, -0.1) is 0 Å². The molecule has 34 heavy (non-hydrogen) atoms. The molecule has 0 aromatic carbocycles. The van der Waals surface area contributed by atoms with Crippen molar-refractivity contribution < 1.29 is 14.4 Å². The maximum atomic E-state index is 13.3. The van der Waals surface area contributed by atoms with E-state index in [1.807, 2.05) is 40.3 Å².